The summed E-state index contributed by atoms with van der Waals surface area (Å²) in [5.41, 5.74) is 3.73. The number of aromatic nitrogens is 3. The molecule has 1 unspecified atom stereocenters. The van der Waals surface area contributed by atoms with E-state index in [0.29, 0.717) is 6.04 Å². The molecule has 5 nitrogen and oxygen atoms in total. The highest BCUT2D eigenvalue weighted by Crippen LogP contribution is 2.26. The van der Waals surface area contributed by atoms with E-state index in [4.69, 9.17) is 0 Å². The van der Waals surface area contributed by atoms with Gasteiger partial charge in [0.1, 0.15) is 12.1 Å². The van der Waals surface area contributed by atoms with Crippen LogP contribution in [0, 0.1) is 0 Å². The van der Waals surface area contributed by atoms with Crippen molar-refractivity contribution < 1.29 is 0 Å². The van der Waals surface area contributed by atoms with Gasteiger partial charge in [-0.25, -0.2) is 9.97 Å². The third kappa shape index (κ3) is 3.34. The van der Waals surface area contributed by atoms with Crippen LogP contribution < -0.4 is 5.32 Å². The zero-order chi connectivity index (χ0) is 15.5. The summed E-state index contributed by atoms with van der Waals surface area (Å²) in [6.45, 7) is 3.13. The van der Waals surface area contributed by atoms with Gasteiger partial charge < -0.3 is 5.32 Å². The minimum absolute atomic E-state index is 0.465. The van der Waals surface area contributed by atoms with Crippen LogP contribution in [0.2, 0.25) is 0 Å². The molecular formula is C18H23N5. The van der Waals surface area contributed by atoms with Crippen LogP contribution in [0.4, 0.5) is 5.82 Å². The Bertz CT molecular complexity index is 658. The number of pyridine rings is 1. The molecule has 5 heteroatoms. The Morgan fingerprint density at radius 3 is 3.04 bits per heavy atom. The van der Waals surface area contributed by atoms with Gasteiger partial charge in [0.05, 0.1) is 5.69 Å². The lowest BCUT2D eigenvalue weighted by Gasteiger charge is -2.33. The van der Waals surface area contributed by atoms with Crippen molar-refractivity contribution in [2.75, 3.05) is 18.4 Å². The first-order valence-corrected chi connectivity index (χ1v) is 8.60. The van der Waals surface area contributed by atoms with Crippen LogP contribution in [-0.2, 0) is 19.4 Å². The maximum absolute atomic E-state index is 4.50. The van der Waals surface area contributed by atoms with Gasteiger partial charge in [0.15, 0.2) is 0 Å². The molecule has 1 N–H and O–H groups in total. The van der Waals surface area contributed by atoms with Crippen molar-refractivity contribution in [3.05, 3.63) is 47.7 Å². The Kier molecular flexibility index (Phi) is 4.20. The van der Waals surface area contributed by atoms with E-state index in [1.54, 1.807) is 6.33 Å². The number of aryl methyl sites for hydroxylation is 1. The van der Waals surface area contributed by atoms with Crippen LogP contribution in [0.25, 0.3) is 0 Å². The average molecular weight is 309 g/mol. The third-order valence-electron chi connectivity index (χ3n) is 4.83. The summed E-state index contributed by atoms with van der Waals surface area (Å²) >= 11 is 0. The van der Waals surface area contributed by atoms with E-state index in [0.717, 1.165) is 44.0 Å². The summed E-state index contributed by atoms with van der Waals surface area (Å²) in [4.78, 5) is 15.9. The molecule has 1 fully saturated rings. The van der Waals surface area contributed by atoms with Gasteiger partial charge in [0, 0.05) is 36.6 Å². The van der Waals surface area contributed by atoms with Crippen LogP contribution in [0.1, 0.15) is 36.2 Å². The lowest BCUT2D eigenvalue weighted by molar-refractivity contribution is 0.206. The fourth-order valence-electron chi connectivity index (χ4n) is 3.71. The Labute approximate surface area is 137 Å². The van der Waals surface area contributed by atoms with Crippen molar-refractivity contribution in [2.24, 2.45) is 0 Å². The van der Waals surface area contributed by atoms with E-state index < -0.39 is 0 Å². The second kappa shape index (κ2) is 6.62. The normalized spacial score (nSPS) is 21.1. The highest BCUT2D eigenvalue weighted by atomic mass is 15.2. The number of hydrogen-bond donors (Lipinski definition) is 1. The van der Waals surface area contributed by atoms with Crippen molar-refractivity contribution in [1.29, 1.82) is 0 Å². The molecule has 0 radical (unpaired) electrons. The molecule has 2 aromatic rings. The highest BCUT2D eigenvalue weighted by Gasteiger charge is 2.23. The molecule has 2 aromatic heterocycles. The number of rotatable bonds is 4. The molecule has 23 heavy (non-hydrogen) atoms. The van der Waals surface area contributed by atoms with Crippen LogP contribution in [0.3, 0.4) is 0 Å². The van der Waals surface area contributed by atoms with Crippen molar-refractivity contribution in [3.63, 3.8) is 0 Å². The Morgan fingerprint density at radius 2 is 2.13 bits per heavy atom. The SMILES string of the molecule is c1ccc(CN2CCCC(Nc3ncnc4c3CCC4)C2)nc1. The Hall–Kier alpha value is -2.01. The summed E-state index contributed by atoms with van der Waals surface area (Å²) in [7, 11) is 0. The highest BCUT2D eigenvalue weighted by molar-refractivity contribution is 5.48. The van der Waals surface area contributed by atoms with Gasteiger partial charge in [0.25, 0.3) is 0 Å². The first-order valence-electron chi connectivity index (χ1n) is 8.60. The van der Waals surface area contributed by atoms with Crippen LogP contribution in [0.5, 0.6) is 0 Å². The van der Waals surface area contributed by atoms with Gasteiger partial charge in [-0.1, -0.05) is 6.07 Å². The zero-order valence-electron chi connectivity index (χ0n) is 13.4. The lowest BCUT2D eigenvalue weighted by Crippen LogP contribution is -2.42. The third-order valence-corrected chi connectivity index (χ3v) is 4.83. The molecule has 1 saturated heterocycles. The molecule has 0 bridgehead atoms. The maximum Gasteiger partial charge on any atom is 0.133 e. The quantitative estimate of drug-likeness (QED) is 0.940. The van der Waals surface area contributed by atoms with Crippen molar-refractivity contribution in [3.8, 4) is 0 Å². The van der Waals surface area contributed by atoms with Crippen molar-refractivity contribution in [1.82, 2.24) is 19.9 Å². The second-order valence-corrected chi connectivity index (χ2v) is 6.54. The maximum atomic E-state index is 4.50. The second-order valence-electron chi connectivity index (χ2n) is 6.54. The molecule has 2 aliphatic rings. The van der Waals surface area contributed by atoms with E-state index in [-0.39, 0.29) is 0 Å². The number of hydrogen-bond acceptors (Lipinski definition) is 5. The molecule has 1 atom stereocenters. The first kappa shape index (κ1) is 14.6. The average Bonchev–Trinajstić information content (AvgIpc) is 3.06. The monoisotopic (exact) mass is 309 g/mol. The van der Waals surface area contributed by atoms with Gasteiger partial charge in [-0.3, -0.25) is 9.88 Å². The predicted octanol–water partition coefficient (Wildman–Crippen LogP) is 2.44. The summed E-state index contributed by atoms with van der Waals surface area (Å²) in [6.07, 6.45) is 9.43. The van der Waals surface area contributed by atoms with E-state index in [2.05, 4.69) is 37.3 Å². The Balaban J connectivity index is 1.41. The molecule has 4 rings (SSSR count). The molecule has 1 aliphatic heterocycles. The standard InChI is InChI=1S/C18H23N5/c1-2-9-19-14(5-1)11-23-10-4-6-15(12-23)22-18-16-7-3-8-17(16)20-13-21-18/h1-2,5,9,13,15H,3-4,6-8,10-12H2,(H,20,21,22). The van der Waals surface area contributed by atoms with Crippen molar-refractivity contribution >= 4 is 5.82 Å². The van der Waals surface area contributed by atoms with E-state index >= 15 is 0 Å². The fourth-order valence-corrected chi connectivity index (χ4v) is 3.71. The molecule has 0 spiro atoms. The number of fused-ring (bicyclic) bond motifs is 1. The van der Waals surface area contributed by atoms with Gasteiger partial charge in [0.2, 0.25) is 0 Å². The molecule has 1 aliphatic carbocycles. The van der Waals surface area contributed by atoms with Crippen LogP contribution in [0.15, 0.2) is 30.7 Å². The minimum Gasteiger partial charge on any atom is -0.366 e. The van der Waals surface area contributed by atoms with E-state index in [1.165, 1.54) is 30.5 Å². The number of anilines is 1. The predicted molar refractivity (Wildman–Crippen MR) is 90.2 cm³/mol. The fraction of sp³-hybridized carbons (Fsp3) is 0.500. The van der Waals surface area contributed by atoms with E-state index in [9.17, 15) is 0 Å². The molecule has 120 valence electrons. The largest absolute Gasteiger partial charge is 0.366 e. The van der Waals surface area contributed by atoms with Gasteiger partial charge in [-0.2, -0.15) is 0 Å². The number of likely N-dealkylation sites (tertiary alicyclic amines) is 1. The van der Waals surface area contributed by atoms with Crippen LogP contribution in [-0.4, -0.2) is 39.0 Å². The summed E-state index contributed by atoms with van der Waals surface area (Å²) in [5, 5.41) is 3.68. The van der Waals surface area contributed by atoms with Gasteiger partial charge in [-0.05, 0) is 50.8 Å². The number of nitrogens with one attached hydrogen (secondary N) is 1. The van der Waals surface area contributed by atoms with Gasteiger partial charge >= 0.3 is 0 Å². The number of nitrogens with zero attached hydrogens (tertiary/aromatic N) is 4. The summed E-state index contributed by atoms with van der Waals surface area (Å²) in [5.74, 6) is 1.07. The first-order chi connectivity index (χ1) is 11.4. The smallest absolute Gasteiger partial charge is 0.133 e. The van der Waals surface area contributed by atoms with Crippen molar-refractivity contribution in [2.45, 2.75) is 44.7 Å². The van der Waals surface area contributed by atoms with E-state index in [1.807, 2.05) is 12.3 Å². The molecular weight excluding hydrogens is 286 g/mol. The Morgan fingerprint density at radius 1 is 1.13 bits per heavy atom. The minimum atomic E-state index is 0.465. The summed E-state index contributed by atoms with van der Waals surface area (Å²) < 4.78 is 0. The molecule has 3 heterocycles. The van der Waals surface area contributed by atoms with Gasteiger partial charge in [-0.15, -0.1) is 0 Å². The number of piperidine rings is 1. The molecule has 0 saturated carbocycles. The molecule has 0 amide bonds. The topological polar surface area (TPSA) is 53.9 Å². The van der Waals surface area contributed by atoms with Crippen LogP contribution >= 0.6 is 0 Å². The zero-order valence-corrected chi connectivity index (χ0v) is 13.4. The molecule has 0 aromatic carbocycles. The summed E-state index contributed by atoms with van der Waals surface area (Å²) in [6, 6.07) is 6.60. The lowest BCUT2D eigenvalue weighted by atomic mass is 10.0.